The van der Waals surface area contributed by atoms with Crippen LogP contribution in [-0.4, -0.2) is 23.3 Å². The molecule has 0 aliphatic carbocycles. The third kappa shape index (κ3) is 7.17. The van der Waals surface area contributed by atoms with Crippen molar-refractivity contribution in [3.63, 3.8) is 0 Å². The zero-order chi connectivity index (χ0) is 7.66. The lowest BCUT2D eigenvalue weighted by atomic mass is 10.7. The molecule has 0 spiro atoms. The van der Waals surface area contributed by atoms with Crippen LogP contribution in [-0.2, 0) is 0 Å². The maximum atomic E-state index is 3.60. The van der Waals surface area contributed by atoms with Crippen LogP contribution in [0.1, 0.15) is 13.8 Å². The van der Waals surface area contributed by atoms with Crippen LogP contribution in [0.4, 0.5) is 0 Å². The quantitative estimate of drug-likeness (QED) is 0.645. The molecule has 0 saturated carbocycles. The van der Waals surface area contributed by atoms with E-state index in [-0.39, 0.29) is 0 Å². The van der Waals surface area contributed by atoms with E-state index in [4.69, 9.17) is 0 Å². The minimum absolute atomic E-state index is 1.09. The van der Waals surface area contributed by atoms with Crippen molar-refractivity contribution in [2.45, 2.75) is 13.8 Å². The van der Waals surface area contributed by atoms with Gasteiger partial charge >= 0.3 is 0 Å². The van der Waals surface area contributed by atoms with Gasteiger partial charge in [0.15, 0.2) is 0 Å². The highest BCUT2D eigenvalue weighted by molar-refractivity contribution is 4.72. The predicted molar refractivity (Wildman–Crippen MR) is 42.8 cm³/mol. The lowest BCUT2D eigenvalue weighted by Crippen LogP contribution is -2.09. The van der Waals surface area contributed by atoms with E-state index in [0.717, 1.165) is 13.1 Å². The lowest BCUT2D eigenvalue weighted by molar-refractivity contribution is 0.762. The third-order valence-corrected chi connectivity index (χ3v) is 0.906. The fourth-order valence-electron chi connectivity index (χ4n) is 0.465. The number of H-pyrrole nitrogens is 1. The highest BCUT2D eigenvalue weighted by atomic mass is 15.1. The van der Waals surface area contributed by atoms with E-state index in [1.54, 1.807) is 12.4 Å². The second-order valence-electron chi connectivity index (χ2n) is 1.72. The molecule has 0 bridgehead atoms. The molecule has 3 nitrogen and oxygen atoms in total. The van der Waals surface area contributed by atoms with Crippen LogP contribution < -0.4 is 5.32 Å². The van der Waals surface area contributed by atoms with Gasteiger partial charge in [-0.2, -0.15) is 5.10 Å². The summed E-state index contributed by atoms with van der Waals surface area (Å²) in [6.07, 6.45) is 3.46. The first-order chi connectivity index (χ1) is 4.91. The molecule has 1 aromatic rings. The van der Waals surface area contributed by atoms with E-state index in [1.807, 2.05) is 6.07 Å². The molecular formula is C7H15N3. The van der Waals surface area contributed by atoms with Crippen LogP contribution in [0.25, 0.3) is 0 Å². The topological polar surface area (TPSA) is 40.7 Å². The van der Waals surface area contributed by atoms with Gasteiger partial charge in [0.2, 0.25) is 0 Å². The van der Waals surface area contributed by atoms with Crippen LogP contribution >= 0.6 is 0 Å². The summed E-state index contributed by atoms with van der Waals surface area (Å²) in [5.74, 6) is 0. The Bertz CT molecular complexity index is 95.2. The number of rotatable bonds is 2. The van der Waals surface area contributed by atoms with Gasteiger partial charge in [-0.05, 0) is 19.2 Å². The molecule has 0 fully saturated rings. The number of nitrogens with zero attached hydrogens (tertiary/aromatic N) is 1. The van der Waals surface area contributed by atoms with Crippen LogP contribution in [0, 0.1) is 0 Å². The Labute approximate surface area is 61.8 Å². The van der Waals surface area contributed by atoms with E-state index in [1.165, 1.54) is 0 Å². The van der Waals surface area contributed by atoms with Gasteiger partial charge in [-0.1, -0.05) is 13.8 Å². The van der Waals surface area contributed by atoms with Gasteiger partial charge in [0.05, 0.1) is 0 Å². The van der Waals surface area contributed by atoms with Crippen LogP contribution in [0.3, 0.4) is 0 Å². The fraction of sp³-hybridized carbons (Fsp3) is 0.571. The Hall–Kier alpha value is -0.830. The number of hydrogen-bond acceptors (Lipinski definition) is 2. The maximum absolute atomic E-state index is 3.60. The average Bonchev–Trinajstić information content (AvgIpc) is 2.44. The van der Waals surface area contributed by atoms with Crippen LogP contribution in [0.5, 0.6) is 0 Å². The van der Waals surface area contributed by atoms with Gasteiger partial charge in [-0.25, -0.2) is 0 Å². The summed E-state index contributed by atoms with van der Waals surface area (Å²) in [5, 5.41) is 9.32. The molecule has 3 heteroatoms. The summed E-state index contributed by atoms with van der Waals surface area (Å²) in [4.78, 5) is 0. The molecule has 0 saturated heterocycles. The van der Waals surface area contributed by atoms with Crippen LogP contribution in [0.15, 0.2) is 18.5 Å². The molecule has 0 radical (unpaired) electrons. The molecule has 10 heavy (non-hydrogen) atoms. The van der Waals surface area contributed by atoms with Crippen molar-refractivity contribution in [2.75, 3.05) is 13.1 Å². The number of nitrogens with one attached hydrogen (secondary N) is 2. The summed E-state index contributed by atoms with van der Waals surface area (Å²) in [6, 6.07) is 1.83. The van der Waals surface area contributed by atoms with Crippen molar-refractivity contribution in [3.05, 3.63) is 18.5 Å². The minimum Gasteiger partial charge on any atom is -0.317 e. The summed E-state index contributed by atoms with van der Waals surface area (Å²) >= 11 is 0. The minimum atomic E-state index is 1.09. The molecule has 2 N–H and O–H groups in total. The molecule has 0 unspecified atom stereocenters. The SMILES string of the molecule is CCNCC.c1cn[nH]c1. The van der Waals surface area contributed by atoms with E-state index < -0.39 is 0 Å². The molecule has 0 amide bonds. The highest BCUT2D eigenvalue weighted by Gasteiger charge is 1.62. The van der Waals surface area contributed by atoms with Crippen molar-refractivity contribution in [2.24, 2.45) is 0 Å². The predicted octanol–water partition coefficient (Wildman–Crippen LogP) is 1.03. The van der Waals surface area contributed by atoms with Gasteiger partial charge in [-0.15, -0.1) is 0 Å². The second-order valence-corrected chi connectivity index (χ2v) is 1.72. The smallest absolute Gasteiger partial charge is 0.0487 e. The largest absolute Gasteiger partial charge is 0.317 e. The van der Waals surface area contributed by atoms with E-state index >= 15 is 0 Å². The van der Waals surface area contributed by atoms with Crippen molar-refractivity contribution in [3.8, 4) is 0 Å². The zero-order valence-electron chi connectivity index (χ0n) is 6.59. The zero-order valence-corrected chi connectivity index (χ0v) is 6.59. The monoisotopic (exact) mass is 141 g/mol. The average molecular weight is 141 g/mol. The Balaban J connectivity index is 0.000000162. The molecule has 1 heterocycles. The molecule has 1 aromatic heterocycles. The fourth-order valence-corrected chi connectivity index (χ4v) is 0.465. The molecular weight excluding hydrogens is 126 g/mol. The van der Waals surface area contributed by atoms with Gasteiger partial charge in [0.25, 0.3) is 0 Å². The number of aromatic amines is 1. The maximum Gasteiger partial charge on any atom is 0.0487 e. The third-order valence-electron chi connectivity index (χ3n) is 0.906. The van der Waals surface area contributed by atoms with Gasteiger partial charge in [0.1, 0.15) is 0 Å². The number of hydrogen-bond donors (Lipinski definition) is 2. The summed E-state index contributed by atoms with van der Waals surface area (Å²) < 4.78 is 0. The molecule has 1 rings (SSSR count). The summed E-state index contributed by atoms with van der Waals surface area (Å²) in [6.45, 7) is 6.39. The lowest BCUT2D eigenvalue weighted by Gasteiger charge is -1.86. The van der Waals surface area contributed by atoms with Crippen LogP contribution in [0.2, 0.25) is 0 Å². The Morgan fingerprint density at radius 1 is 1.40 bits per heavy atom. The van der Waals surface area contributed by atoms with Crippen molar-refractivity contribution in [1.29, 1.82) is 0 Å². The first-order valence-corrected chi connectivity index (χ1v) is 3.56. The molecule has 0 atom stereocenters. The number of aromatic nitrogens is 2. The normalized spacial score (nSPS) is 8.20. The molecule has 58 valence electrons. The second kappa shape index (κ2) is 8.17. The Morgan fingerprint density at radius 3 is 2.20 bits per heavy atom. The van der Waals surface area contributed by atoms with Crippen molar-refractivity contribution < 1.29 is 0 Å². The van der Waals surface area contributed by atoms with Crippen molar-refractivity contribution in [1.82, 2.24) is 15.5 Å². The van der Waals surface area contributed by atoms with E-state index in [9.17, 15) is 0 Å². The van der Waals surface area contributed by atoms with E-state index in [2.05, 4.69) is 29.4 Å². The van der Waals surface area contributed by atoms with E-state index in [0.29, 0.717) is 0 Å². The Kier molecular flexibility index (Phi) is 7.49. The van der Waals surface area contributed by atoms with Crippen molar-refractivity contribution >= 4 is 0 Å². The highest BCUT2D eigenvalue weighted by Crippen LogP contribution is 1.64. The summed E-state index contributed by atoms with van der Waals surface area (Å²) in [7, 11) is 0. The molecule has 0 aliphatic rings. The van der Waals surface area contributed by atoms with Gasteiger partial charge in [-0.3, -0.25) is 5.10 Å². The Morgan fingerprint density at radius 2 is 2.10 bits per heavy atom. The van der Waals surface area contributed by atoms with Gasteiger partial charge in [0, 0.05) is 12.4 Å². The first kappa shape index (κ1) is 9.17. The molecule has 0 aliphatic heterocycles. The first-order valence-electron chi connectivity index (χ1n) is 3.56. The standard InChI is InChI=1S/C4H11N.C3H4N2/c1-3-5-4-2;1-2-4-5-3-1/h5H,3-4H2,1-2H3;1-3H,(H,4,5). The molecule has 0 aromatic carbocycles. The van der Waals surface area contributed by atoms with Gasteiger partial charge < -0.3 is 5.32 Å². The summed E-state index contributed by atoms with van der Waals surface area (Å²) in [5.41, 5.74) is 0.